The standard InChI is InChI=1S/C28H30N.C15H13N/c1-4-5-11-22(3)29-19-18-24-14-9-10-15-26(24)28(29)27-20-25(17-16-21(27)2)23-12-7-6-8-13-23;1-2-7-13(8-3-1)15-14-9-5-4-6-12(14)10-11-16-15/h5,7,9-20,22H,4,6,8H2,1-3H3;1-10,16H,11H2/q+1;. The predicted molar refractivity (Wildman–Crippen MR) is 192 cm³/mol. The number of pyridine rings is 1. The number of nitrogens with zero attached hydrogens (tertiary/aromatic N) is 1. The maximum Gasteiger partial charge on any atom is 0.221 e. The van der Waals surface area contributed by atoms with Gasteiger partial charge < -0.3 is 5.32 Å². The maximum absolute atomic E-state index is 3.45. The van der Waals surface area contributed by atoms with Crippen molar-refractivity contribution >= 4 is 28.1 Å². The fourth-order valence-electron chi connectivity index (χ4n) is 6.29. The molecule has 1 aliphatic carbocycles. The third-order valence-electron chi connectivity index (χ3n) is 8.69. The Kier molecular flexibility index (Phi) is 9.51. The van der Waals surface area contributed by atoms with E-state index in [-0.39, 0.29) is 0 Å². The number of aryl methyl sites for hydroxylation is 1. The van der Waals surface area contributed by atoms with Gasteiger partial charge >= 0.3 is 0 Å². The summed E-state index contributed by atoms with van der Waals surface area (Å²) in [5.74, 6) is 0. The van der Waals surface area contributed by atoms with Gasteiger partial charge in [-0.15, -0.1) is 0 Å². The number of hydrogen-bond acceptors (Lipinski definition) is 1. The Morgan fingerprint density at radius 1 is 0.822 bits per heavy atom. The number of allylic oxidation sites excluding steroid dienone is 6. The molecule has 0 fully saturated rings. The Hall–Kier alpha value is -4.95. The summed E-state index contributed by atoms with van der Waals surface area (Å²) in [5, 5.41) is 8.65. The topological polar surface area (TPSA) is 15.9 Å². The van der Waals surface area contributed by atoms with Gasteiger partial charge in [0.2, 0.25) is 5.69 Å². The first-order chi connectivity index (χ1) is 22.1. The number of nitrogens with one attached hydrogen (secondary N) is 1. The van der Waals surface area contributed by atoms with Gasteiger partial charge in [-0.3, -0.25) is 0 Å². The molecule has 2 heteroatoms. The Morgan fingerprint density at radius 2 is 1.62 bits per heavy atom. The van der Waals surface area contributed by atoms with Crippen molar-refractivity contribution in [2.75, 3.05) is 6.54 Å². The zero-order valence-corrected chi connectivity index (χ0v) is 26.7. The molecule has 0 radical (unpaired) electrons. The maximum atomic E-state index is 3.45. The van der Waals surface area contributed by atoms with Crippen molar-refractivity contribution in [2.45, 2.75) is 46.1 Å². The second-order valence-corrected chi connectivity index (χ2v) is 11.8. The molecule has 7 rings (SSSR count). The van der Waals surface area contributed by atoms with Crippen LogP contribution >= 0.6 is 0 Å². The first kappa shape index (κ1) is 30.1. The minimum absolute atomic E-state index is 0.298. The molecule has 2 aliphatic rings. The monoisotopic (exact) mass is 587 g/mol. The highest BCUT2D eigenvalue weighted by Gasteiger charge is 2.23. The van der Waals surface area contributed by atoms with E-state index in [0.717, 1.165) is 25.8 Å². The molecule has 0 bridgehead atoms. The largest absolute Gasteiger partial charge is 0.381 e. The smallest absolute Gasteiger partial charge is 0.221 e. The van der Waals surface area contributed by atoms with E-state index < -0.39 is 0 Å². The highest BCUT2D eigenvalue weighted by molar-refractivity contribution is 5.94. The lowest BCUT2D eigenvalue weighted by Crippen LogP contribution is -2.39. The van der Waals surface area contributed by atoms with E-state index in [1.807, 2.05) is 6.07 Å². The summed E-state index contributed by atoms with van der Waals surface area (Å²) < 4.78 is 2.42. The van der Waals surface area contributed by atoms with E-state index >= 15 is 0 Å². The molecule has 0 saturated heterocycles. The molecule has 0 saturated carbocycles. The summed E-state index contributed by atoms with van der Waals surface area (Å²) in [6.07, 6.45) is 19.3. The summed E-state index contributed by atoms with van der Waals surface area (Å²) in [5.41, 5.74) is 9.06. The van der Waals surface area contributed by atoms with E-state index in [9.17, 15) is 0 Å². The molecule has 1 unspecified atom stereocenters. The normalized spacial score (nSPS) is 14.6. The lowest BCUT2D eigenvalue weighted by atomic mass is 9.93. The van der Waals surface area contributed by atoms with Crippen molar-refractivity contribution in [2.24, 2.45) is 0 Å². The van der Waals surface area contributed by atoms with Crippen LogP contribution in [0.15, 0.2) is 140 Å². The molecule has 1 N–H and O–H groups in total. The zero-order valence-electron chi connectivity index (χ0n) is 26.7. The summed E-state index contributed by atoms with van der Waals surface area (Å²) >= 11 is 0. The molecule has 1 atom stereocenters. The number of rotatable bonds is 6. The predicted octanol–water partition coefficient (Wildman–Crippen LogP) is 8.59. The van der Waals surface area contributed by atoms with Crippen molar-refractivity contribution in [3.05, 3.63) is 167 Å². The van der Waals surface area contributed by atoms with Crippen LogP contribution in [-0.4, -0.2) is 6.54 Å². The molecule has 1 aliphatic heterocycles. The van der Waals surface area contributed by atoms with Gasteiger partial charge in [0.25, 0.3) is 0 Å². The van der Waals surface area contributed by atoms with Crippen molar-refractivity contribution < 1.29 is 4.57 Å². The molecule has 45 heavy (non-hydrogen) atoms. The van der Waals surface area contributed by atoms with E-state index in [2.05, 4.69) is 170 Å². The second-order valence-electron chi connectivity index (χ2n) is 11.8. The van der Waals surface area contributed by atoms with Crippen LogP contribution in [-0.2, 0) is 0 Å². The Morgan fingerprint density at radius 3 is 2.44 bits per heavy atom. The van der Waals surface area contributed by atoms with Crippen molar-refractivity contribution in [3.8, 4) is 11.3 Å². The first-order valence-corrected chi connectivity index (χ1v) is 16.3. The summed E-state index contributed by atoms with van der Waals surface area (Å²) in [6, 6.07) is 37.2. The number of aromatic nitrogens is 1. The van der Waals surface area contributed by atoms with Crippen LogP contribution in [0, 0.1) is 6.92 Å². The minimum Gasteiger partial charge on any atom is -0.381 e. The molecular formula is C43H43N2+. The van der Waals surface area contributed by atoms with Gasteiger partial charge in [0.05, 0.1) is 10.9 Å². The van der Waals surface area contributed by atoms with Crippen LogP contribution in [0.25, 0.3) is 39.4 Å². The van der Waals surface area contributed by atoms with Crippen LogP contribution in [0.5, 0.6) is 0 Å². The third kappa shape index (κ3) is 6.76. The third-order valence-corrected chi connectivity index (χ3v) is 8.69. The number of hydrogen-bond donors (Lipinski definition) is 1. The van der Waals surface area contributed by atoms with Crippen LogP contribution < -0.4 is 20.3 Å². The average molecular weight is 588 g/mol. The van der Waals surface area contributed by atoms with E-state index in [1.54, 1.807) is 0 Å². The van der Waals surface area contributed by atoms with Gasteiger partial charge in [-0.2, -0.15) is 4.57 Å². The van der Waals surface area contributed by atoms with E-state index in [0.29, 0.717) is 6.04 Å². The van der Waals surface area contributed by atoms with Gasteiger partial charge in [-0.05, 0) is 77.3 Å². The van der Waals surface area contributed by atoms with Gasteiger partial charge in [-0.25, -0.2) is 0 Å². The Balaban J connectivity index is 0.000000187. The summed E-state index contributed by atoms with van der Waals surface area (Å²) in [6.45, 7) is 7.59. The van der Waals surface area contributed by atoms with Crippen LogP contribution in [0.3, 0.4) is 0 Å². The lowest BCUT2D eigenvalue weighted by molar-refractivity contribution is -0.697. The van der Waals surface area contributed by atoms with Crippen molar-refractivity contribution in [1.82, 2.24) is 5.32 Å². The first-order valence-electron chi connectivity index (χ1n) is 16.3. The van der Waals surface area contributed by atoms with Crippen molar-refractivity contribution in [1.29, 1.82) is 0 Å². The Bertz CT molecular complexity index is 2010. The molecule has 5 aromatic rings. The van der Waals surface area contributed by atoms with E-state index in [1.165, 1.54) is 60.4 Å². The summed E-state index contributed by atoms with van der Waals surface area (Å²) in [4.78, 5) is 0. The van der Waals surface area contributed by atoms with Gasteiger partial charge in [0, 0.05) is 30.5 Å². The van der Waals surface area contributed by atoms with Gasteiger partial charge in [0.1, 0.15) is 0 Å². The molecule has 0 spiro atoms. The second kappa shape index (κ2) is 14.2. The molecule has 4 aromatic carbocycles. The highest BCUT2D eigenvalue weighted by atomic mass is 15.0. The molecular weight excluding hydrogens is 544 g/mol. The van der Waals surface area contributed by atoms with Gasteiger partial charge in [-0.1, -0.05) is 122 Å². The fourth-order valence-corrected chi connectivity index (χ4v) is 6.29. The SMILES string of the molecule is C1=c2ccccc2=C(c2ccccc2)NC1.CCC=CC(C)[n+]1ccc2ccccc2c1-c1cc(C2=CCCC=C2)ccc1C. The zero-order chi connectivity index (χ0) is 31.0. The molecule has 0 amide bonds. The van der Waals surface area contributed by atoms with Crippen LogP contribution in [0.2, 0.25) is 0 Å². The molecule has 1 aromatic heterocycles. The summed E-state index contributed by atoms with van der Waals surface area (Å²) in [7, 11) is 0. The molecule has 2 heterocycles. The number of fused-ring (bicyclic) bond motifs is 2. The van der Waals surface area contributed by atoms with Crippen molar-refractivity contribution in [3.63, 3.8) is 0 Å². The quantitative estimate of drug-likeness (QED) is 0.155. The van der Waals surface area contributed by atoms with Crippen LogP contribution in [0.1, 0.15) is 55.8 Å². The fraction of sp³-hybridized carbons (Fsp3) is 0.186. The van der Waals surface area contributed by atoms with Crippen LogP contribution in [0.4, 0.5) is 0 Å². The highest BCUT2D eigenvalue weighted by Crippen LogP contribution is 2.32. The lowest BCUT2D eigenvalue weighted by Gasteiger charge is -2.15. The minimum atomic E-state index is 0.298. The molecule has 2 nitrogen and oxygen atoms in total. The van der Waals surface area contributed by atoms with E-state index in [4.69, 9.17) is 0 Å². The van der Waals surface area contributed by atoms with Gasteiger partial charge in [0.15, 0.2) is 12.2 Å². The number of benzene rings is 4. The Labute approximate surface area is 268 Å². The molecule has 224 valence electrons. The average Bonchev–Trinajstić information content (AvgIpc) is 3.11.